The highest BCUT2D eigenvalue weighted by atomic mass is 35.5. The SMILES string of the molecule is COc1cc(-c2nccc(-c3cccc(Nc4nccc(CNCC(C)(C)O)c4F)c3Cl)c2Cl)ccc1CNC[C@@H]1CCC(=O)N1. The van der Waals surface area contributed by atoms with Gasteiger partial charge in [0, 0.05) is 78.9 Å². The summed E-state index contributed by atoms with van der Waals surface area (Å²) in [5.41, 5.74) is 3.50. The van der Waals surface area contributed by atoms with Gasteiger partial charge in [0.15, 0.2) is 11.6 Å². The van der Waals surface area contributed by atoms with Crippen LogP contribution in [0.3, 0.4) is 0 Å². The van der Waals surface area contributed by atoms with Crippen LogP contribution < -0.4 is 26.0 Å². The zero-order valence-corrected chi connectivity index (χ0v) is 27.4. The first-order chi connectivity index (χ1) is 22.0. The van der Waals surface area contributed by atoms with Crippen molar-refractivity contribution in [3.05, 3.63) is 87.9 Å². The Morgan fingerprint density at radius 2 is 1.78 bits per heavy atom. The molecule has 1 amide bonds. The summed E-state index contributed by atoms with van der Waals surface area (Å²) in [7, 11) is 1.61. The molecule has 46 heavy (non-hydrogen) atoms. The predicted molar refractivity (Wildman–Crippen MR) is 180 cm³/mol. The minimum absolute atomic E-state index is 0.0257. The fraction of sp³-hybridized carbons (Fsp3) is 0.324. The molecule has 5 rings (SSSR count). The maximum Gasteiger partial charge on any atom is 0.220 e. The number of hydrogen-bond donors (Lipinski definition) is 5. The molecule has 1 aliphatic heterocycles. The first kappa shape index (κ1) is 33.6. The summed E-state index contributed by atoms with van der Waals surface area (Å²) in [6.07, 6.45) is 4.57. The van der Waals surface area contributed by atoms with E-state index in [1.165, 1.54) is 6.20 Å². The minimum atomic E-state index is -0.920. The number of hydrogen-bond acceptors (Lipinski definition) is 8. The molecule has 2 aromatic carbocycles. The number of aliphatic hydroxyl groups is 1. The molecule has 1 aliphatic rings. The third-order valence-corrected chi connectivity index (χ3v) is 8.41. The van der Waals surface area contributed by atoms with Gasteiger partial charge in [-0.3, -0.25) is 9.78 Å². The number of nitrogens with zero attached hydrogens (tertiary/aromatic N) is 2. The Kier molecular flexibility index (Phi) is 10.8. The van der Waals surface area contributed by atoms with E-state index in [2.05, 4.69) is 31.2 Å². The molecular formula is C34H37Cl2FN6O3. The fourth-order valence-corrected chi connectivity index (χ4v) is 5.87. The van der Waals surface area contributed by atoms with Gasteiger partial charge in [-0.25, -0.2) is 9.37 Å². The van der Waals surface area contributed by atoms with E-state index in [4.69, 9.17) is 27.9 Å². The quantitative estimate of drug-likeness (QED) is 0.114. The van der Waals surface area contributed by atoms with Gasteiger partial charge in [0.1, 0.15) is 5.75 Å². The van der Waals surface area contributed by atoms with Gasteiger partial charge in [-0.05, 0) is 44.5 Å². The van der Waals surface area contributed by atoms with Gasteiger partial charge in [0.25, 0.3) is 0 Å². The Morgan fingerprint density at radius 3 is 2.52 bits per heavy atom. The lowest BCUT2D eigenvalue weighted by atomic mass is 10.0. The molecule has 0 unspecified atom stereocenters. The Hall–Kier alpha value is -3.80. The number of halogens is 3. The lowest BCUT2D eigenvalue weighted by Crippen LogP contribution is -2.35. The molecule has 0 bridgehead atoms. The van der Waals surface area contributed by atoms with Crippen LogP contribution in [0.4, 0.5) is 15.9 Å². The molecule has 1 atom stereocenters. The zero-order valence-electron chi connectivity index (χ0n) is 25.9. The Balaban J connectivity index is 1.35. The Labute approximate surface area is 277 Å². The lowest BCUT2D eigenvalue weighted by molar-refractivity contribution is -0.119. The van der Waals surface area contributed by atoms with Crippen molar-refractivity contribution in [2.75, 3.05) is 25.5 Å². The number of benzene rings is 2. The molecule has 12 heteroatoms. The minimum Gasteiger partial charge on any atom is -0.496 e. The van der Waals surface area contributed by atoms with Crippen LogP contribution in [0.1, 0.15) is 37.8 Å². The van der Waals surface area contributed by atoms with E-state index in [9.17, 15) is 9.90 Å². The van der Waals surface area contributed by atoms with Crippen molar-refractivity contribution >= 4 is 40.6 Å². The highest BCUT2D eigenvalue weighted by Crippen LogP contribution is 2.41. The summed E-state index contributed by atoms with van der Waals surface area (Å²) in [6, 6.07) is 14.7. The van der Waals surface area contributed by atoms with E-state index in [1.807, 2.05) is 24.3 Å². The standard InChI is InChI=1S/C34H37Cl2FN6O3/c1-34(2,45)19-39-17-22-11-13-41-33(31(22)37)43-26-6-4-5-24(29(26)35)25-12-14-40-32(30(25)36)20-7-8-21(27(15-20)46-3)16-38-18-23-9-10-28(44)42-23/h4-8,11-15,23,38-39,45H,9-10,16-19H2,1-3H3,(H,41,43)(H,42,44)/t23-/m0/s1. The molecule has 1 fully saturated rings. The molecule has 0 radical (unpaired) electrons. The van der Waals surface area contributed by atoms with Crippen LogP contribution in [0.5, 0.6) is 5.75 Å². The average Bonchev–Trinajstić information content (AvgIpc) is 3.44. The number of aromatic nitrogens is 2. The average molecular weight is 668 g/mol. The van der Waals surface area contributed by atoms with Crippen molar-refractivity contribution in [1.29, 1.82) is 0 Å². The second kappa shape index (κ2) is 14.7. The number of carbonyl (C=O) groups is 1. The number of nitrogens with one attached hydrogen (secondary N) is 4. The molecule has 1 saturated heterocycles. The van der Waals surface area contributed by atoms with Crippen molar-refractivity contribution in [2.24, 2.45) is 0 Å². The van der Waals surface area contributed by atoms with E-state index < -0.39 is 11.4 Å². The highest BCUT2D eigenvalue weighted by Gasteiger charge is 2.21. The van der Waals surface area contributed by atoms with Crippen molar-refractivity contribution < 1.29 is 19.0 Å². The number of methoxy groups -OCH3 is 1. The lowest BCUT2D eigenvalue weighted by Gasteiger charge is -2.18. The van der Waals surface area contributed by atoms with E-state index in [1.54, 1.807) is 51.4 Å². The topological polar surface area (TPSA) is 120 Å². The fourth-order valence-electron chi connectivity index (χ4n) is 5.28. The number of anilines is 2. The van der Waals surface area contributed by atoms with Crippen molar-refractivity contribution in [2.45, 2.75) is 51.4 Å². The van der Waals surface area contributed by atoms with Crippen molar-refractivity contribution in [3.63, 3.8) is 0 Å². The number of pyridine rings is 2. The summed E-state index contributed by atoms with van der Waals surface area (Å²) < 4.78 is 21.0. The van der Waals surface area contributed by atoms with Crippen molar-refractivity contribution in [3.8, 4) is 28.1 Å². The normalized spacial score (nSPS) is 14.8. The smallest absolute Gasteiger partial charge is 0.220 e. The summed E-state index contributed by atoms with van der Waals surface area (Å²) in [4.78, 5) is 20.2. The molecule has 9 nitrogen and oxygen atoms in total. The maximum absolute atomic E-state index is 15.4. The molecule has 2 aromatic heterocycles. The van der Waals surface area contributed by atoms with E-state index in [0.29, 0.717) is 69.9 Å². The second-order valence-electron chi connectivity index (χ2n) is 11.8. The molecule has 5 N–H and O–H groups in total. The monoisotopic (exact) mass is 666 g/mol. The molecule has 4 aromatic rings. The van der Waals surface area contributed by atoms with E-state index in [0.717, 1.165) is 17.5 Å². The van der Waals surface area contributed by atoms with Gasteiger partial charge in [-0.15, -0.1) is 0 Å². The van der Waals surface area contributed by atoms with Gasteiger partial charge in [-0.1, -0.05) is 47.5 Å². The van der Waals surface area contributed by atoms with Gasteiger partial charge >= 0.3 is 0 Å². The van der Waals surface area contributed by atoms with E-state index in [-0.39, 0.29) is 24.3 Å². The van der Waals surface area contributed by atoms with Crippen LogP contribution in [-0.2, 0) is 17.9 Å². The molecular weight excluding hydrogens is 630 g/mol. The summed E-state index contributed by atoms with van der Waals surface area (Å²) >= 11 is 13.8. The molecule has 0 saturated carbocycles. The van der Waals surface area contributed by atoms with Crippen LogP contribution in [0, 0.1) is 5.82 Å². The first-order valence-corrected chi connectivity index (χ1v) is 15.7. The Bertz CT molecular complexity index is 1720. The Morgan fingerprint density at radius 1 is 1.02 bits per heavy atom. The molecule has 0 aliphatic carbocycles. The van der Waals surface area contributed by atoms with Crippen LogP contribution >= 0.6 is 23.2 Å². The number of rotatable bonds is 13. The number of carbonyl (C=O) groups excluding carboxylic acids is 1. The van der Waals surface area contributed by atoms with Crippen LogP contribution in [-0.4, -0.2) is 52.8 Å². The highest BCUT2D eigenvalue weighted by molar-refractivity contribution is 6.39. The second-order valence-corrected chi connectivity index (χ2v) is 12.6. The maximum atomic E-state index is 15.4. The van der Waals surface area contributed by atoms with Crippen LogP contribution in [0.25, 0.3) is 22.4 Å². The summed E-state index contributed by atoms with van der Waals surface area (Å²) in [6.45, 7) is 5.13. The molecule has 0 spiro atoms. The molecule has 242 valence electrons. The van der Waals surface area contributed by atoms with Crippen LogP contribution in [0.2, 0.25) is 10.0 Å². The largest absolute Gasteiger partial charge is 0.496 e. The van der Waals surface area contributed by atoms with Crippen molar-refractivity contribution in [1.82, 2.24) is 25.9 Å². The predicted octanol–water partition coefficient (Wildman–Crippen LogP) is 6.24. The van der Waals surface area contributed by atoms with Gasteiger partial charge in [-0.2, -0.15) is 0 Å². The summed E-state index contributed by atoms with van der Waals surface area (Å²) in [5.74, 6) is 0.278. The third kappa shape index (κ3) is 8.12. The zero-order chi connectivity index (χ0) is 32.8. The molecule has 3 heterocycles. The first-order valence-electron chi connectivity index (χ1n) is 15.0. The third-order valence-electron chi connectivity index (χ3n) is 7.63. The van der Waals surface area contributed by atoms with Gasteiger partial charge in [0.2, 0.25) is 5.91 Å². The van der Waals surface area contributed by atoms with Gasteiger partial charge < -0.3 is 31.1 Å². The van der Waals surface area contributed by atoms with Crippen LogP contribution in [0.15, 0.2) is 60.9 Å². The number of amides is 1. The summed E-state index contributed by atoms with van der Waals surface area (Å²) in [5, 5.41) is 23.1. The number of ether oxygens (including phenoxy) is 1. The van der Waals surface area contributed by atoms with Gasteiger partial charge in [0.05, 0.1) is 34.1 Å². The van der Waals surface area contributed by atoms with E-state index >= 15 is 4.39 Å².